The van der Waals surface area contributed by atoms with Gasteiger partial charge in [-0.25, -0.2) is 15.0 Å². The highest BCUT2D eigenvalue weighted by molar-refractivity contribution is 6.01. The van der Waals surface area contributed by atoms with Gasteiger partial charge in [0.15, 0.2) is 0 Å². The van der Waals surface area contributed by atoms with Crippen LogP contribution >= 0.6 is 0 Å². The molecule has 1 heterocycles. The van der Waals surface area contributed by atoms with Crippen LogP contribution in [-0.2, 0) is 25.8 Å². The first-order chi connectivity index (χ1) is 13.3. The first-order valence-corrected chi connectivity index (χ1v) is 7.49. The zero-order chi connectivity index (χ0) is 20.7. The average Bonchev–Trinajstić information content (AvgIpc) is 2.97. The molecule has 1 aliphatic heterocycles. The van der Waals surface area contributed by atoms with Crippen molar-refractivity contribution in [1.82, 2.24) is 15.9 Å². The highest BCUT2D eigenvalue weighted by atomic mass is 16.8. The fourth-order valence-electron chi connectivity index (χ4n) is 2.09. The topological polar surface area (TPSA) is 200 Å². The Bertz CT molecular complexity index is 878. The van der Waals surface area contributed by atoms with Crippen LogP contribution in [0.1, 0.15) is 28.8 Å². The van der Waals surface area contributed by atoms with Crippen molar-refractivity contribution in [2.24, 2.45) is 5.11 Å². The molecule has 1 aromatic rings. The Morgan fingerprint density at radius 3 is 2.50 bits per heavy atom. The number of nitrogens with zero attached hydrogens (tertiary/aromatic N) is 4. The van der Waals surface area contributed by atoms with Crippen molar-refractivity contribution in [2.45, 2.75) is 19.4 Å². The third-order valence-corrected chi connectivity index (χ3v) is 3.30. The van der Waals surface area contributed by atoms with E-state index >= 15 is 0 Å². The first kappa shape index (κ1) is 20.0. The zero-order valence-corrected chi connectivity index (χ0v) is 13.9. The fourth-order valence-corrected chi connectivity index (χ4v) is 2.09. The summed E-state index contributed by atoms with van der Waals surface area (Å²) in [5.74, 6) is -2.31. The van der Waals surface area contributed by atoms with Gasteiger partial charge in [0.1, 0.15) is 6.61 Å². The lowest BCUT2D eigenvalue weighted by Crippen LogP contribution is -2.41. The Balaban J connectivity index is 2.10. The number of carbonyl (C=O) groups excluding carboxylic acids is 4. The second-order valence-electron chi connectivity index (χ2n) is 5.13. The second-order valence-corrected chi connectivity index (χ2v) is 5.13. The predicted octanol–water partition coefficient (Wildman–Crippen LogP) is 1.26. The molecule has 4 amide bonds. The van der Waals surface area contributed by atoms with Gasteiger partial charge in [0.2, 0.25) is 0 Å². The van der Waals surface area contributed by atoms with E-state index < -0.39 is 36.6 Å². The maximum atomic E-state index is 12.1. The van der Waals surface area contributed by atoms with Crippen molar-refractivity contribution in [1.29, 1.82) is 0 Å². The van der Waals surface area contributed by atoms with Crippen LogP contribution in [0.4, 0.5) is 15.3 Å². The summed E-state index contributed by atoms with van der Waals surface area (Å²) in [5, 5.41) is 12.1. The number of rotatable bonds is 5. The van der Waals surface area contributed by atoms with Gasteiger partial charge in [0, 0.05) is 34.6 Å². The fraction of sp³-hybridized carbons (Fsp3) is 0.214. The molecule has 14 nitrogen and oxygen atoms in total. The van der Waals surface area contributed by atoms with E-state index in [9.17, 15) is 24.0 Å². The summed E-state index contributed by atoms with van der Waals surface area (Å²) in [6.45, 7) is -0.526. The number of nitrogens with one attached hydrogen (secondary N) is 2. The van der Waals surface area contributed by atoms with Gasteiger partial charge in [-0.05, 0) is 11.6 Å². The van der Waals surface area contributed by atoms with Crippen LogP contribution in [0, 0.1) is 0 Å². The molecule has 146 valence electrons. The third kappa shape index (κ3) is 5.09. The molecule has 0 aliphatic carbocycles. The molecule has 28 heavy (non-hydrogen) atoms. The minimum Gasteiger partial charge on any atom is -0.464 e. The van der Waals surface area contributed by atoms with Crippen LogP contribution in [0.15, 0.2) is 23.3 Å². The van der Waals surface area contributed by atoms with E-state index in [-0.39, 0.29) is 34.7 Å². The Labute approximate surface area is 155 Å². The number of amides is 4. The number of azide groups is 1. The lowest BCUT2D eigenvalue weighted by Gasteiger charge is -2.14. The zero-order valence-electron chi connectivity index (χ0n) is 13.9. The molecule has 2 rings (SSSR count). The average molecular weight is 392 g/mol. The Morgan fingerprint density at radius 1 is 1.21 bits per heavy atom. The number of hydrazine groups is 1. The van der Waals surface area contributed by atoms with E-state index in [1.54, 1.807) is 5.43 Å². The lowest BCUT2D eigenvalue weighted by molar-refractivity contribution is -0.177. The normalized spacial score (nSPS) is 12.8. The summed E-state index contributed by atoms with van der Waals surface area (Å²) in [4.78, 5) is 64.1. The summed E-state index contributed by atoms with van der Waals surface area (Å²) < 4.78 is 4.78. The smallest absolute Gasteiger partial charge is 0.464 e. The quantitative estimate of drug-likeness (QED) is 0.166. The molecule has 1 saturated heterocycles. The molecule has 0 atom stereocenters. The van der Waals surface area contributed by atoms with Crippen molar-refractivity contribution in [2.75, 3.05) is 0 Å². The summed E-state index contributed by atoms with van der Waals surface area (Å²) in [7, 11) is 0. The molecule has 1 aliphatic rings. The number of imide groups is 1. The van der Waals surface area contributed by atoms with Gasteiger partial charge in [0.25, 0.3) is 17.7 Å². The van der Waals surface area contributed by atoms with Crippen LogP contribution in [0.2, 0.25) is 0 Å². The highest BCUT2D eigenvalue weighted by Gasteiger charge is 2.33. The monoisotopic (exact) mass is 392 g/mol. The molecular weight excluding hydrogens is 380 g/mol. The Hall–Kier alpha value is -4.32. The van der Waals surface area contributed by atoms with Gasteiger partial charge in [-0.1, -0.05) is 22.3 Å². The molecule has 1 aromatic carbocycles. The molecule has 0 radical (unpaired) electrons. The van der Waals surface area contributed by atoms with Crippen molar-refractivity contribution >= 4 is 35.7 Å². The van der Waals surface area contributed by atoms with E-state index in [1.807, 2.05) is 5.43 Å². The van der Waals surface area contributed by atoms with Crippen molar-refractivity contribution in [3.05, 3.63) is 39.8 Å². The summed E-state index contributed by atoms with van der Waals surface area (Å²) in [5.41, 5.74) is 12.0. The molecule has 14 heteroatoms. The van der Waals surface area contributed by atoms with Gasteiger partial charge >= 0.3 is 12.2 Å². The van der Waals surface area contributed by atoms with E-state index in [1.165, 1.54) is 12.1 Å². The Kier molecular flexibility index (Phi) is 6.33. The maximum absolute atomic E-state index is 12.1. The minimum absolute atomic E-state index is 0.0440. The maximum Gasteiger partial charge on any atom is 0.534 e. The van der Waals surface area contributed by atoms with E-state index in [2.05, 4.69) is 14.9 Å². The Morgan fingerprint density at radius 2 is 1.89 bits per heavy atom. The summed E-state index contributed by atoms with van der Waals surface area (Å²) in [6.07, 6.45) is -3.07. The molecule has 0 unspecified atom stereocenters. The van der Waals surface area contributed by atoms with E-state index in [0.717, 1.165) is 6.07 Å². The van der Waals surface area contributed by atoms with Crippen LogP contribution < -0.4 is 10.9 Å². The van der Waals surface area contributed by atoms with Gasteiger partial charge in [-0.3, -0.25) is 24.6 Å². The molecule has 1 fully saturated rings. The highest BCUT2D eigenvalue weighted by Crippen LogP contribution is 2.20. The number of carboxylic acid groups (broad SMARTS) is 1. The second kappa shape index (κ2) is 8.86. The van der Waals surface area contributed by atoms with Gasteiger partial charge in [0.05, 0.1) is 0 Å². The molecule has 0 spiro atoms. The summed E-state index contributed by atoms with van der Waals surface area (Å²) >= 11 is 0. The van der Waals surface area contributed by atoms with E-state index in [4.69, 9.17) is 15.4 Å². The number of carbonyl (C=O) groups is 5. The van der Waals surface area contributed by atoms with Crippen LogP contribution in [0.3, 0.4) is 0 Å². The summed E-state index contributed by atoms with van der Waals surface area (Å²) in [6, 6.07) is 3.74. The number of hydroxylamine groups is 2. The number of hydrogen-bond acceptors (Lipinski definition) is 8. The molecular formula is C14H12N6O8. The van der Waals surface area contributed by atoms with Crippen LogP contribution in [0.5, 0.6) is 0 Å². The first-order valence-electron chi connectivity index (χ1n) is 7.49. The molecule has 0 bridgehead atoms. The van der Waals surface area contributed by atoms with Crippen LogP contribution in [-0.4, -0.2) is 40.1 Å². The minimum atomic E-state index is -1.53. The lowest BCUT2D eigenvalue weighted by atomic mass is 10.1. The number of hydrogen-bond donors (Lipinski definition) is 3. The standard InChI is InChI=1S/C14H12N6O8/c15-19-16-8-2-1-7(9(5-8)12(23)17-18-13(24)25)6-27-14(26)28-20-10(21)3-4-11(20)22/h1-2,5,18H,3-4,6H2,(H,17,23)(H,24,25). The van der Waals surface area contributed by atoms with Gasteiger partial charge < -0.3 is 9.84 Å². The van der Waals surface area contributed by atoms with Crippen molar-refractivity contribution < 1.29 is 38.7 Å². The van der Waals surface area contributed by atoms with Gasteiger partial charge in [-0.2, -0.15) is 0 Å². The number of ether oxygens (including phenoxy) is 1. The van der Waals surface area contributed by atoms with Crippen LogP contribution in [0.25, 0.3) is 10.4 Å². The predicted molar refractivity (Wildman–Crippen MR) is 86.2 cm³/mol. The number of benzene rings is 1. The van der Waals surface area contributed by atoms with E-state index in [0.29, 0.717) is 0 Å². The third-order valence-electron chi connectivity index (χ3n) is 3.30. The largest absolute Gasteiger partial charge is 0.534 e. The van der Waals surface area contributed by atoms with Gasteiger partial charge in [-0.15, -0.1) is 0 Å². The molecule has 0 saturated carbocycles. The van der Waals surface area contributed by atoms with Crippen molar-refractivity contribution in [3.8, 4) is 0 Å². The molecule has 0 aromatic heterocycles. The SMILES string of the molecule is [N-]=[N+]=Nc1ccc(COC(=O)ON2C(=O)CCC2=O)c(C(=O)NNC(=O)O)c1. The van der Waals surface area contributed by atoms with Crippen molar-refractivity contribution in [3.63, 3.8) is 0 Å². The molecule has 3 N–H and O–H groups in total.